The highest BCUT2D eigenvalue weighted by molar-refractivity contribution is 5.96. The topological polar surface area (TPSA) is 49.4 Å². The van der Waals surface area contributed by atoms with Crippen molar-refractivity contribution in [2.75, 3.05) is 0 Å². The zero-order valence-corrected chi connectivity index (χ0v) is 13.4. The Labute approximate surface area is 130 Å². The molecule has 0 heterocycles. The summed E-state index contributed by atoms with van der Waals surface area (Å²) in [4.78, 5) is 24.4. The first kappa shape index (κ1) is 17.7. The Balaban J connectivity index is 2.94. The Hall–Kier alpha value is -2.35. The van der Waals surface area contributed by atoms with Gasteiger partial charge in [0.25, 0.3) is 11.8 Å². The second-order valence-corrected chi connectivity index (χ2v) is 5.74. The zero-order chi connectivity index (χ0) is 16.8. The molecule has 0 unspecified atom stereocenters. The third kappa shape index (κ3) is 5.21. The third-order valence-corrected chi connectivity index (χ3v) is 2.73. The minimum absolute atomic E-state index is 0.0108. The number of hydrazine groups is 1. The van der Waals surface area contributed by atoms with Crippen LogP contribution < -0.4 is 5.43 Å². The van der Waals surface area contributed by atoms with Crippen molar-refractivity contribution in [2.45, 2.75) is 46.1 Å². The molecule has 22 heavy (non-hydrogen) atoms. The molecule has 1 aromatic rings. The van der Waals surface area contributed by atoms with Gasteiger partial charge >= 0.3 is 0 Å². The number of carbonyl (C=O) groups is 2. The van der Waals surface area contributed by atoms with E-state index in [4.69, 9.17) is 0 Å². The maximum Gasteiger partial charge on any atom is 0.272 e. The van der Waals surface area contributed by atoms with Crippen molar-refractivity contribution in [2.24, 2.45) is 0 Å². The van der Waals surface area contributed by atoms with E-state index >= 15 is 0 Å². The number of nitrogens with one attached hydrogen (secondary N) is 1. The van der Waals surface area contributed by atoms with Crippen LogP contribution in [-0.4, -0.2) is 22.4 Å². The standard InChI is InChI=1S/C17H21FN2O2/c1-5-6-7-11-15(21)19-20(17(2,3)4)16(22)13-9-8-10-14(18)12-13/h8-10,12H,5,11H2,1-4H3,(H,19,21). The number of amides is 2. The average molecular weight is 304 g/mol. The van der Waals surface area contributed by atoms with E-state index in [1.165, 1.54) is 23.2 Å². The molecule has 0 atom stereocenters. The number of rotatable bonds is 2. The summed E-state index contributed by atoms with van der Waals surface area (Å²) in [5.74, 6) is 4.17. The fraction of sp³-hybridized carbons (Fsp3) is 0.412. The Morgan fingerprint density at radius 1 is 1.27 bits per heavy atom. The van der Waals surface area contributed by atoms with Crippen molar-refractivity contribution in [3.8, 4) is 11.8 Å². The van der Waals surface area contributed by atoms with Crippen LogP contribution in [0.15, 0.2) is 24.3 Å². The Morgan fingerprint density at radius 3 is 2.50 bits per heavy atom. The predicted molar refractivity (Wildman–Crippen MR) is 83.1 cm³/mol. The molecule has 4 nitrogen and oxygen atoms in total. The molecular weight excluding hydrogens is 283 g/mol. The molecule has 0 saturated carbocycles. The van der Waals surface area contributed by atoms with Crippen LogP contribution in [0.1, 0.15) is 50.9 Å². The van der Waals surface area contributed by atoms with Gasteiger partial charge in [-0.2, -0.15) is 0 Å². The maximum absolute atomic E-state index is 13.3. The highest BCUT2D eigenvalue weighted by atomic mass is 19.1. The van der Waals surface area contributed by atoms with Crippen LogP contribution in [0.5, 0.6) is 0 Å². The van der Waals surface area contributed by atoms with Gasteiger partial charge in [-0.3, -0.25) is 15.0 Å². The summed E-state index contributed by atoms with van der Waals surface area (Å²) in [6, 6.07) is 5.37. The van der Waals surface area contributed by atoms with E-state index in [-0.39, 0.29) is 17.9 Å². The van der Waals surface area contributed by atoms with Gasteiger partial charge in [-0.05, 0) is 39.0 Å². The molecule has 2 amide bonds. The molecule has 1 aromatic carbocycles. The van der Waals surface area contributed by atoms with Crippen LogP contribution in [-0.2, 0) is 4.79 Å². The van der Waals surface area contributed by atoms with Gasteiger partial charge in [-0.1, -0.05) is 18.9 Å². The lowest BCUT2D eigenvalue weighted by molar-refractivity contribution is -0.125. The van der Waals surface area contributed by atoms with Gasteiger partial charge in [-0.15, -0.1) is 5.92 Å². The second kappa shape index (κ2) is 7.60. The van der Waals surface area contributed by atoms with Gasteiger partial charge < -0.3 is 0 Å². The minimum Gasteiger partial charge on any atom is -0.272 e. The van der Waals surface area contributed by atoms with E-state index in [1.54, 1.807) is 20.8 Å². The monoisotopic (exact) mass is 304 g/mol. The molecule has 118 valence electrons. The first-order chi connectivity index (χ1) is 10.3. The summed E-state index contributed by atoms with van der Waals surface area (Å²) >= 11 is 0. The van der Waals surface area contributed by atoms with Gasteiger partial charge in [0.15, 0.2) is 0 Å². The van der Waals surface area contributed by atoms with Gasteiger partial charge in [0, 0.05) is 12.0 Å². The molecule has 0 spiro atoms. The third-order valence-electron chi connectivity index (χ3n) is 2.73. The van der Waals surface area contributed by atoms with Crippen LogP contribution in [0.3, 0.4) is 0 Å². The molecule has 0 saturated heterocycles. The molecule has 0 aliphatic carbocycles. The van der Waals surface area contributed by atoms with Gasteiger partial charge in [0.2, 0.25) is 0 Å². The quantitative estimate of drug-likeness (QED) is 0.674. The van der Waals surface area contributed by atoms with Crippen molar-refractivity contribution in [1.29, 1.82) is 0 Å². The number of halogens is 1. The van der Waals surface area contributed by atoms with Crippen LogP contribution in [0.4, 0.5) is 4.39 Å². The van der Waals surface area contributed by atoms with Gasteiger partial charge in [0.05, 0.1) is 12.0 Å². The smallest absolute Gasteiger partial charge is 0.272 e. The van der Waals surface area contributed by atoms with Crippen molar-refractivity contribution >= 4 is 11.8 Å². The number of hydrogen-bond donors (Lipinski definition) is 1. The molecule has 0 aliphatic rings. The van der Waals surface area contributed by atoms with Gasteiger partial charge in [0.1, 0.15) is 5.82 Å². The lowest BCUT2D eigenvalue weighted by atomic mass is 10.1. The maximum atomic E-state index is 13.3. The van der Waals surface area contributed by atoms with E-state index < -0.39 is 17.3 Å². The van der Waals surface area contributed by atoms with Crippen LogP contribution in [0.2, 0.25) is 0 Å². The fourth-order valence-corrected chi connectivity index (χ4v) is 1.71. The SMILES string of the molecule is CCC#CCC(=O)NN(C(=O)c1cccc(F)c1)C(C)(C)C. The average Bonchev–Trinajstić information content (AvgIpc) is 2.43. The lowest BCUT2D eigenvalue weighted by Crippen LogP contribution is -2.55. The number of hydrogen-bond acceptors (Lipinski definition) is 2. The van der Waals surface area contributed by atoms with Crippen LogP contribution >= 0.6 is 0 Å². The summed E-state index contributed by atoms with van der Waals surface area (Å²) in [7, 11) is 0. The summed E-state index contributed by atoms with van der Waals surface area (Å²) in [6.45, 7) is 7.23. The Bertz CT molecular complexity index is 609. The molecule has 1 N–H and O–H groups in total. The molecule has 1 rings (SSSR count). The fourth-order valence-electron chi connectivity index (χ4n) is 1.71. The first-order valence-corrected chi connectivity index (χ1v) is 7.11. The van der Waals surface area contributed by atoms with Gasteiger partial charge in [-0.25, -0.2) is 9.40 Å². The predicted octanol–water partition coefficient (Wildman–Crippen LogP) is 2.90. The summed E-state index contributed by atoms with van der Waals surface area (Å²) < 4.78 is 13.3. The highest BCUT2D eigenvalue weighted by Crippen LogP contribution is 2.16. The van der Waals surface area contributed by atoms with Crippen molar-refractivity contribution < 1.29 is 14.0 Å². The first-order valence-electron chi connectivity index (χ1n) is 7.11. The van der Waals surface area contributed by atoms with Crippen molar-refractivity contribution in [3.05, 3.63) is 35.6 Å². The van der Waals surface area contributed by atoms with E-state index in [0.29, 0.717) is 6.42 Å². The molecule has 0 bridgehead atoms. The molecule has 5 heteroatoms. The normalized spacial score (nSPS) is 10.4. The number of nitrogens with zero attached hydrogens (tertiary/aromatic N) is 1. The molecule has 0 aromatic heterocycles. The minimum atomic E-state index is -0.656. The lowest BCUT2D eigenvalue weighted by Gasteiger charge is -2.35. The summed E-state index contributed by atoms with van der Waals surface area (Å²) in [6.07, 6.45) is 0.676. The largest absolute Gasteiger partial charge is 0.272 e. The Kier molecular flexibility index (Phi) is 6.11. The molecule has 0 aliphatic heterocycles. The molecule has 0 radical (unpaired) electrons. The van der Waals surface area contributed by atoms with Crippen molar-refractivity contribution in [1.82, 2.24) is 10.4 Å². The highest BCUT2D eigenvalue weighted by Gasteiger charge is 2.29. The van der Waals surface area contributed by atoms with Crippen molar-refractivity contribution in [3.63, 3.8) is 0 Å². The Morgan fingerprint density at radius 2 is 1.95 bits per heavy atom. The number of benzene rings is 1. The van der Waals surface area contributed by atoms with E-state index in [2.05, 4.69) is 17.3 Å². The molecular formula is C17H21FN2O2. The van der Waals surface area contributed by atoms with E-state index in [0.717, 1.165) is 6.07 Å². The summed E-state index contributed by atoms with van der Waals surface area (Å²) in [5, 5.41) is 1.21. The summed E-state index contributed by atoms with van der Waals surface area (Å²) in [5.41, 5.74) is 2.07. The van der Waals surface area contributed by atoms with Crippen LogP contribution in [0, 0.1) is 17.7 Å². The molecule has 0 fully saturated rings. The van der Waals surface area contributed by atoms with E-state index in [1.807, 2.05) is 6.92 Å². The van der Waals surface area contributed by atoms with E-state index in [9.17, 15) is 14.0 Å². The second-order valence-electron chi connectivity index (χ2n) is 5.74. The van der Waals surface area contributed by atoms with Crippen LogP contribution in [0.25, 0.3) is 0 Å². The zero-order valence-electron chi connectivity index (χ0n) is 13.4. The number of carbonyl (C=O) groups excluding carboxylic acids is 2.